The number of rotatable bonds is 8. The lowest BCUT2D eigenvalue weighted by Gasteiger charge is -2.34. The van der Waals surface area contributed by atoms with Crippen molar-refractivity contribution in [3.8, 4) is 0 Å². The van der Waals surface area contributed by atoms with E-state index in [1.807, 2.05) is 27.8 Å². The van der Waals surface area contributed by atoms with Crippen molar-refractivity contribution in [3.05, 3.63) is 0 Å². The third kappa shape index (κ3) is 6.45. The lowest BCUT2D eigenvalue weighted by Crippen LogP contribution is -2.47. The summed E-state index contributed by atoms with van der Waals surface area (Å²) in [4.78, 5) is 0. The molecule has 0 aliphatic carbocycles. The lowest BCUT2D eigenvalue weighted by molar-refractivity contribution is -0.0384. The average Bonchev–Trinajstić information content (AvgIpc) is 2.10. The van der Waals surface area contributed by atoms with E-state index in [1.54, 1.807) is 0 Å². The number of hydrogen-bond donors (Lipinski definition) is 1. The zero-order valence-corrected chi connectivity index (χ0v) is 11.9. The van der Waals surface area contributed by atoms with Crippen molar-refractivity contribution in [2.75, 3.05) is 25.7 Å². The van der Waals surface area contributed by atoms with Crippen LogP contribution in [0.25, 0.3) is 0 Å². The van der Waals surface area contributed by atoms with Gasteiger partial charge in [0.15, 0.2) is 0 Å². The monoisotopic (exact) mass is 251 g/mol. The molecule has 1 unspecified atom stereocenters. The van der Waals surface area contributed by atoms with Crippen molar-refractivity contribution >= 4 is 9.84 Å². The molecule has 0 amide bonds. The fraction of sp³-hybridized carbons (Fsp3) is 1.00. The second-order valence-electron chi connectivity index (χ2n) is 4.65. The maximum Gasteiger partial charge on any atom is 0.147 e. The first-order valence-corrected chi connectivity index (χ1v) is 7.78. The standard InChI is InChI=1S/C11H25NO3S/c1-6-15-11(2,3)10(12-4)8-7-9-16(5,13)14/h10,12H,6-9H2,1-5H3. The van der Waals surface area contributed by atoms with Gasteiger partial charge in [-0.15, -0.1) is 0 Å². The van der Waals surface area contributed by atoms with Crippen LogP contribution in [0.5, 0.6) is 0 Å². The molecule has 0 aliphatic heterocycles. The quantitative estimate of drug-likeness (QED) is 0.704. The van der Waals surface area contributed by atoms with E-state index in [4.69, 9.17) is 4.74 Å². The third-order valence-corrected chi connectivity index (χ3v) is 3.74. The van der Waals surface area contributed by atoms with Crippen LogP contribution in [0.4, 0.5) is 0 Å². The van der Waals surface area contributed by atoms with Gasteiger partial charge in [0.2, 0.25) is 0 Å². The molecule has 0 bridgehead atoms. The third-order valence-electron chi connectivity index (χ3n) is 2.71. The molecular weight excluding hydrogens is 226 g/mol. The molecule has 5 heteroatoms. The number of nitrogens with one attached hydrogen (secondary N) is 1. The summed E-state index contributed by atoms with van der Waals surface area (Å²) in [6.45, 7) is 6.68. The van der Waals surface area contributed by atoms with Crippen molar-refractivity contribution in [2.24, 2.45) is 0 Å². The van der Waals surface area contributed by atoms with E-state index in [0.717, 1.165) is 6.42 Å². The molecule has 0 aliphatic rings. The summed E-state index contributed by atoms with van der Waals surface area (Å²) in [6.07, 6.45) is 2.74. The van der Waals surface area contributed by atoms with Crippen molar-refractivity contribution in [1.82, 2.24) is 5.32 Å². The number of ether oxygens (including phenoxy) is 1. The highest BCUT2D eigenvalue weighted by Crippen LogP contribution is 2.18. The van der Waals surface area contributed by atoms with E-state index in [-0.39, 0.29) is 17.4 Å². The SMILES string of the molecule is CCOC(C)(C)C(CCCS(C)(=O)=O)NC. The van der Waals surface area contributed by atoms with Crippen molar-refractivity contribution in [3.63, 3.8) is 0 Å². The van der Waals surface area contributed by atoms with Gasteiger partial charge in [0.05, 0.1) is 5.60 Å². The second-order valence-corrected chi connectivity index (χ2v) is 6.91. The molecule has 0 saturated heterocycles. The highest BCUT2D eigenvalue weighted by Gasteiger charge is 2.28. The van der Waals surface area contributed by atoms with Crippen LogP contribution in [-0.4, -0.2) is 45.7 Å². The maximum atomic E-state index is 11.0. The van der Waals surface area contributed by atoms with Gasteiger partial charge in [-0.25, -0.2) is 8.42 Å². The molecule has 0 fully saturated rings. The summed E-state index contributed by atoms with van der Waals surface area (Å²) < 4.78 is 27.7. The molecular formula is C11H25NO3S. The predicted molar refractivity (Wildman–Crippen MR) is 67.5 cm³/mol. The van der Waals surface area contributed by atoms with Crippen LogP contribution in [0.2, 0.25) is 0 Å². The van der Waals surface area contributed by atoms with E-state index < -0.39 is 9.84 Å². The Morgan fingerprint density at radius 3 is 2.31 bits per heavy atom. The largest absolute Gasteiger partial charge is 0.374 e. The van der Waals surface area contributed by atoms with Crippen LogP contribution in [-0.2, 0) is 14.6 Å². The van der Waals surface area contributed by atoms with Gasteiger partial charge in [-0.3, -0.25) is 0 Å². The number of sulfone groups is 1. The first-order valence-electron chi connectivity index (χ1n) is 5.72. The van der Waals surface area contributed by atoms with E-state index in [0.29, 0.717) is 13.0 Å². The Morgan fingerprint density at radius 2 is 1.94 bits per heavy atom. The summed E-state index contributed by atoms with van der Waals surface area (Å²) >= 11 is 0. The zero-order valence-electron chi connectivity index (χ0n) is 11.0. The number of likely N-dealkylation sites (N-methyl/N-ethyl adjacent to an activating group) is 1. The predicted octanol–water partition coefficient (Wildman–Crippen LogP) is 1.21. The van der Waals surface area contributed by atoms with Crippen molar-refractivity contribution in [1.29, 1.82) is 0 Å². The molecule has 98 valence electrons. The fourth-order valence-corrected chi connectivity index (χ4v) is 2.55. The Bertz CT molecular complexity index is 286. The normalized spacial score (nSPS) is 15.1. The molecule has 1 N–H and O–H groups in total. The van der Waals surface area contributed by atoms with Gasteiger partial charge in [-0.1, -0.05) is 0 Å². The Kier molecular flexibility index (Phi) is 6.51. The minimum absolute atomic E-state index is 0.175. The molecule has 0 rings (SSSR count). The Labute approximate surface area is 99.7 Å². The summed E-state index contributed by atoms with van der Waals surface area (Å²) in [6, 6.07) is 0.175. The topological polar surface area (TPSA) is 55.4 Å². The second kappa shape index (κ2) is 6.57. The van der Waals surface area contributed by atoms with Crippen molar-refractivity contribution < 1.29 is 13.2 Å². The van der Waals surface area contributed by atoms with E-state index in [9.17, 15) is 8.42 Å². The molecule has 1 atom stereocenters. The van der Waals surface area contributed by atoms with Crippen LogP contribution in [0, 0.1) is 0 Å². The zero-order chi connectivity index (χ0) is 12.8. The average molecular weight is 251 g/mol. The molecule has 0 aromatic heterocycles. The van der Waals surface area contributed by atoms with Crippen molar-refractivity contribution in [2.45, 2.75) is 45.3 Å². The Hall–Kier alpha value is -0.130. The molecule has 0 saturated carbocycles. The summed E-state index contributed by atoms with van der Waals surface area (Å²) in [5.74, 6) is 0.243. The molecule has 0 heterocycles. The van der Waals surface area contributed by atoms with Crippen LogP contribution in [0.1, 0.15) is 33.6 Å². The molecule has 0 aromatic carbocycles. The highest BCUT2D eigenvalue weighted by molar-refractivity contribution is 7.90. The van der Waals surface area contributed by atoms with Crippen LogP contribution in [0.3, 0.4) is 0 Å². The van der Waals surface area contributed by atoms with E-state index in [1.165, 1.54) is 6.26 Å². The van der Waals surface area contributed by atoms with Gasteiger partial charge in [-0.05, 0) is 40.7 Å². The Morgan fingerprint density at radius 1 is 1.38 bits per heavy atom. The molecule has 0 aromatic rings. The Balaban J connectivity index is 4.20. The molecule has 4 nitrogen and oxygen atoms in total. The van der Waals surface area contributed by atoms with Gasteiger partial charge in [-0.2, -0.15) is 0 Å². The van der Waals surface area contributed by atoms with Crippen LogP contribution >= 0.6 is 0 Å². The fourth-order valence-electron chi connectivity index (χ4n) is 1.86. The summed E-state index contributed by atoms with van der Waals surface area (Å²) in [5.41, 5.74) is -0.263. The minimum Gasteiger partial charge on any atom is -0.374 e. The lowest BCUT2D eigenvalue weighted by atomic mass is 9.94. The number of hydrogen-bond acceptors (Lipinski definition) is 4. The van der Waals surface area contributed by atoms with E-state index >= 15 is 0 Å². The van der Waals surface area contributed by atoms with Gasteiger partial charge >= 0.3 is 0 Å². The van der Waals surface area contributed by atoms with Gasteiger partial charge in [0.25, 0.3) is 0 Å². The highest BCUT2D eigenvalue weighted by atomic mass is 32.2. The van der Waals surface area contributed by atoms with E-state index in [2.05, 4.69) is 5.32 Å². The molecule has 0 radical (unpaired) electrons. The van der Waals surface area contributed by atoms with Gasteiger partial charge < -0.3 is 10.1 Å². The van der Waals surface area contributed by atoms with Crippen LogP contribution in [0.15, 0.2) is 0 Å². The molecule has 0 spiro atoms. The molecule has 16 heavy (non-hydrogen) atoms. The van der Waals surface area contributed by atoms with Gasteiger partial charge in [0.1, 0.15) is 9.84 Å². The van der Waals surface area contributed by atoms with Crippen LogP contribution < -0.4 is 5.32 Å². The summed E-state index contributed by atoms with van der Waals surface area (Å²) in [7, 11) is -0.974. The smallest absolute Gasteiger partial charge is 0.147 e. The maximum absolute atomic E-state index is 11.0. The first kappa shape index (κ1) is 15.9. The first-order chi connectivity index (χ1) is 7.23. The minimum atomic E-state index is -2.85. The van der Waals surface area contributed by atoms with Gasteiger partial charge in [0, 0.05) is 24.7 Å². The summed E-state index contributed by atoms with van der Waals surface area (Å²) in [5, 5.41) is 3.19.